The zero-order chi connectivity index (χ0) is 21.9. The largest absolute Gasteiger partial charge is 0.472 e. The molecule has 2 unspecified atom stereocenters. The molecule has 1 saturated heterocycles. The quantitative estimate of drug-likeness (QED) is 0.164. The average molecular weight is 437 g/mol. The molecule has 1 aliphatic rings. The van der Waals surface area contributed by atoms with Gasteiger partial charge in [-0.15, -0.1) is 0 Å². The molecular formula is C24H37O5P. The minimum atomic E-state index is -3.85. The van der Waals surface area contributed by atoms with E-state index in [1.165, 1.54) is 0 Å². The van der Waals surface area contributed by atoms with E-state index < -0.39 is 13.9 Å². The average Bonchev–Trinajstić information content (AvgIpc) is 3.07. The van der Waals surface area contributed by atoms with E-state index in [0.29, 0.717) is 19.3 Å². The van der Waals surface area contributed by atoms with E-state index in [-0.39, 0.29) is 12.4 Å². The normalized spacial score (nSPS) is 22.7. The maximum atomic E-state index is 11.8. The molecule has 6 heteroatoms. The first-order valence-corrected chi connectivity index (χ1v) is 12.5. The zero-order valence-electron chi connectivity index (χ0n) is 18.2. The third kappa shape index (κ3) is 15.3. The summed E-state index contributed by atoms with van der Waals surface area (Å²) >= 11 is 0. The summed E-state index contributed by atoms with van der Waals surface area (Å²) in [6.45, 7) is 2.23. The molecule has 0 saturated carbocycles. The van der Waals surface area contributed by atoms with Crippen LogP contribution in [0.4, 0.5) is 0 Å². The summed E-state index contributed by atoms with van der Waals surface area (Å²) in [5.74, 6) is 0.158. The van der Waals surface area contributed by atoms with Crippen LogP contribution in [0.1, 0.15) is 71.1 Å². The van der Waals surface area contributed by atoms with Gasteiger partial charge in [0.25, 0.3) is 0 Å². The molecule has 0 aromatic heterocycles. The van der Waals surface area contributed by atoms with Crippen LogP contribution in [-0.4, -0.2) is 23.4 Å². The van der Waals surface area contributed by atoms with Crippen LogP contribution in [-0.2, 0) is 18.4 Å². The van der Waals surface area contributed by atoms with Gasteiger partial charge in [-0.25, -0.2) is 4.57 Å². The molecule has 1 aliphatic heterocycles. The third-order valence-electron chi connectivity index (χ3n) is 4.44. The van der Waals surface area contributed by atoms with Gasteiger partial charge in [-0.1, -0.05) is 67.7 Å². The van der Waals surface area contributed by atoms with Gasteiger partial charge in [0.15, 0.2) is 0 Å². The van der Waals surface area contributed by atoms with Crippen LogP contribution < -0.4 is 0 Å². The molecule has 0 bridgehead atoms. The van der Waals surface area contributed by atoms with E-state index in [4.69, 9.17) is 9.42 Å². The highest BCUT2D eigenvalue weighted by Crippen LogP contribution is 2.50. The smallest absolute Gasteiger partial charge is 0.302 e. The number of allylic oxidation sites excluding steroid dienone is 10. The molecule has 1 rings (SSSR count). The van der Waals surface area contributed by atoms with Gasteiger partial charge in [-0.3, -0.25) is 13.8 Å². The van der Waals surface area contributed by atoms with Crippen molar-refractivity contribution in [1.82, 2.24) is 0 Å². The second kappa shape index (κ2) is 17.2. The van der Waals surface area contributed by atoms with Gasteiger partial charge in [0.05, 0.1) is 12.7 Å². The minimum Gasteiger partial charge on any atom is -0.302 e. The number of hydrogen-bond donors (Lipinski definition) is 1. The molecule has 1 heterocycles. The van der Waals surface area contributed by atoms with Gasteiger partial charge in [0, 0.05) is 12.8 Å². The number of phosphoric ester groups is 1. The second-order valence-corrected chi connectivity index (χ2v) is 8.58. The Bertz CT molecular complexity index is 661. The van der Waals surface area contributed by atoms with Crippen molar-refractivity contribution in [3.63, 3.8) is 0 Å². The molecule has 0 spiro atoms. The minimum absolute atomic E-state index is 0.0844. The summed E-state index contributed by atoms with van der Waals surface area (Å²) in [6.07, 6.45) is 29.2. The number of hydrogen-bond acceptors (Lipinski definition) is 4. The Morgan fingerprint density at radius 3 is 1.93 bits per heavy atom. The second-order valence-electron chi connectivity index (χ2n) is 7.17. The Balaban J connectivity index is 1.94. The molecular weight excluding hydrogens is 399 g/mol. The molecule has 0 aliphatic carbocycles. The van der Waals surface area contributed by atoms with Gasteiger partial charge in [0.2, 0.25) is 0 Å². The maximum Gasteiger partial charge on any atom is 0.472 e. The Labute approximate surface area is 181 Å². The number of rotatable bonds is 16. The Morgan fingerprint density at radius 1 is 0.900 bits per heavy atom. The van der Waals surface area contributed by atoms with E-state index >= 15 is 0 Å². The lowest BCUT2D eigenvalue weighted by atomic mass is 10.1. The van der Waals surface area contributed by atoms with Gasteiger partial charge < -0.3 is 4.89 Å². The molecule has 0 aromatic carbocycles. The molecule has 30 heavy (non-hydrogen) atoms. The van der Waals surface area contributed by atoms with Gasteiger partial charge in [-0.2, -0.15) is 0 Å². The van der Waals surface area contributed by atoms with E-state index in [0.717, 1.165) is 44.9 Å². The summed E-state index contributed by atoms with van der Waals surface area (Å²) in [4.78, 5) is 20.9. The first-order valence-electron chi connectivity index (χ1n) is 11.0. The van der Waals surface area contributed by atoms with E-state index in [2.05, 4.69) is 72.2 Å². The monoisotopic (exact) mass is 436 g/mol. The van der Waals surface area contributed by atoms with Crippen LogP contribution in [0.5, 0.6) is 0 Å². The Kier molecular flexibility index (Phi) is 15.2. The highest BCUT2D eigenvalue weighted by Gasteiger charge is 2.34. The fourth-order valence-electron chi connectivity index (χ4n) is 2.80. The van der Waals surface area contributed by atoms with Crippen molar-refractivity contribution in [2.45, 2.75) is 77.2 Å². The third-order valence-corrected chi connectivity index (χ3v) is 5.48. The summed E-state index contributed by atoms with van der Waals surface area (Å²) in [7, 11) is -3.85. The van der Waals surface area contributed by atoms with E-state index in [1.54, 1.807) is 0 Å². The van der Waals surface area contributed by atoms with Gasteiger partial charge in [-0.05, 0) is 51.4 Å². The van der Waals surface area contributed by atoms with Crippen LogP contribution in [0.15, 0.2) is 60.8 Å². The fraction of sp³-hybridized carbons (Fsp3) is 0.542. The van der Waals surface area contributed by atoms with Crippen molar-refractivity contribution in [2.24, 2.45) is 0 Å². The molecule has 5 nitrogen and oxygen atoms in total. The SMILES string of the molecule is CC/C=C\C/C=C\C/C=C\C/C=C\C/C=C\CCCC(=O)CCC1COP(=O)(O)O1. The van der Waals surface area contributed by atoms with Gasteiger partial charge >= 0.3 is 7.82 Å². The number of unbranched alkanes of at least 4 members (excludes halogenated alkanes) is 1. The fourth-order valence-corrected chi connectivity index (χ4v) is 3.75. The first kappa shape index (κ1) is 26.5. The molecule has 1 N–H and O–H groups in total. The lowest BCUT2D eigenvalue weighted by Gasteiger charge is -2.06. The lowest BCUT2D eigenvalue weighted by Crippen LogP contribution is -2.11. The van der Waals surface area contributed by atoms with Crippen molar-refractivity contribution in [2.75, 3.05) is 6.61 Å². The number of ketones is 1. The highest BCUT2D eigenvalue weighted by atomic mass is 31.2. The summed E-state index contributed by atoms with van der Waals surface area (Å²) < 4.78 is 20.6. The van der Waals surface area contributed by atoms with Crippen LogP contribution in [0.3, 0.4) is 0 Å². The summed E-state index contributed by atoms with van der Waals surface area (Å²) in [6, 6.07) is 0. The predicted octanol–water partition coefficient (Wildman–Crippen LogP) is 6.77. The topological polar surface area (TPSA) is 72.8 Å². The molecule has 0 radical (unpaired) electrons. The number of carbonyl (C=O) groups excluding carboxylic acids is 1. The van der Waals surface area contributed by atoms with Crippen molar-refractivity contribution in [1.29, 1.82) is 0 Å². The van der Waals surface area contributed by atoms with Crippen molar-refractivity contribution >= 4 is 13.6 Å². The zero-order valence-corrected chi connectivity index (χ0v) is 19.1. The number of Topliss-reactive ketones (excluding diaryl/α,β-unsaturated/α-hetero) is 1. The number of phosphoric acid groups is 1. The Hall–Kier alpha value is -1.52. The summed E-state index contributed by atoms with van der Waals surface area (Å²) in [5, 5.41) is 0. The predicted molar refractivity (Wildman–Crippen MR) is 123 cm³/mol. The summed E-state index contributed by atoms with van der Waals surface area (Å²) in [5.41, 5.74) is 0. The van der Waals surface area contributed by atoms with Crippen LogP contribution in [0.2, 0.25) is 0 Å². The number of carbonyl (C=O) groups is 1. The molecule has 0 amide bonds. The lowest BCUT2D eigenvalue weighted by molar-refractivity contribution is -0.119. The first-order chi connectivity index (χ1) is 14.5. The van der Waals surface area contributed by atoms with Crippen LogP contribution >= 0.6 is 7.82 Å². The van der Waals surface area contributed by atoms with Crippen LogP contribution in [0, 0.1) is 0 Å². The van der Waals surface area contributed by atoms with Gasteiger partial charge in [0.1, 0.15) is 5.78 Å². The maximum absolute atomic E-state index is 11.8. The van der Waals surface area contributed by atoms with E-state index in [1.807, 2.05) is 0 Å². The Morgan fingerprint density at radius 2 is 1.43 bits per heavy atom. The molecule has 0 aromatic rings. The molecule has 168 valence electrons. The van der Waals surface area contributed by atoms with Crippen molar-refractivity contribution in [3.8, 4) is 0 Å². The standard InChI is InChI=1S/C24H37O5P/c1-2-3-4-5-6-7-8-9-10-11-12-13-14-15-16-17-18-19-23(25)20-21-24-22-28-30(26,27)29-24/h3-4,6-7,9-10,12-13,15-16,24H,2,5,8,11,14,17-22H2,1H3,(H,26,27)/b4-3-,7-6-,10-9-,13-12-,16-15-. The van der Waals surface area contributed by atoms with Crippen molar-refractivity contribution in [3.05, 3.63) is 60.8 Å². The highest BCUT2D eigenvalue weighted by molar-refractivity contribution is 7.47. The van der Waals surface area contributed by atoms with Crippen molar-refractivity contribution < 1.29 is 23.3 Å². The van der Waals surface area contributed by atoms with E-state index in [9.17, 15) is 9.36 Å². The molecule has 2 atom stereocenters. The van der Waals surface area contributed by atoms with Crippen LogP contribution in [0.25, 0.3) is 0 Å². The molecule has 1 fully saturated rings.